The summed E-state index contributed by atoms with van der Waals surface area (Å²) < 4.78 is 0. The monoisotopic (exact) mass is 415 g/mol. The molecule has 1 saturated heterocycles. The molecule has 0 aliphatic carbocycles. The van der Waals surface area contributed by atoms with Crippen LogP contribution in [0.1, 0.15) is 58.5 Å². The van der Waals surface area contributed by atoms with Crippen LogP contribution in [0.4, 0.5) is 4.79 Å². The molecule has 1 fully saturated rings. The standard InChI is InChI=1S/C21H25N3O4S/c1-3-24(14(2)18(25)15-7-5-4-6-8-15)20(26)17-13-29-19(22-17)16-9-11-23(12-10-16)21(27)28/h4-8,13-14,16H,3,9-12H2,1-2H3,(H,27,28). The molecule has 2 amide bonds. The molecule has 2 aromatic rings. The van der Waals surface area contributed by atoms with Gasteiger partial charge in [-0.2, -0.15) is 0 Å². The highest BCUT2D eigenvalue weighted by Crippen LogP contribution is 2.30. The van der Waals surface area contributed by atoms with Crippen molar-refractivity contribution in [1.82, 2.24) is 14.8 Å². The number of hydrogen-bond donors (Lipinski definition) is 1. The first-order valence-electron chi connectivity index (χ1n) is 9.75. The molecule has 1 N–H and O–H groups in total. The Morgan fingerprint density at radius 3 is 2.48 bits per heavy atom. The molecule has 29 heavy (non-hydrogen) atoms. The second-order valence-electron chi connectivity index (χ2n) is 7.11. The summed E-state index contributed by atoms with van der Waals surface area (Å²) in [7, 11) is 0. The third-order valence-electron chi connectivity index (χ3n) is 5.36. The van der Waals surface area contributed by atoms with Crippen LogP contribution < -0.4 is 0 Å². The normalized spacial score (nSPS) is 15.7. The number of nitrogens with zero attached hydrogens (tertiary/aromatic N) is 3. The smallest absolute Gasteiger partial charge is 0.407 e. The van der Waals surface area contributed by atoms with Crippen LogP contribution in [0.2, 0.25) is 0 Å². The van der Waals surface area contributed by atoms with Crippen molar-refractivity contribution in [3.05, 3.63) is 52.0 Å². The van der Waals surface area contributed by atoms with Crippen molar-refractivity contribution in [3.8, 4) is 0 Å². The van der Waals surface area contributed by atoms with E-state index in [1.54, 1.807) is 41.5 Å². The lowest BCUT2D eigenvalue weighted by Gasteiger charge is -2.28. The SMILES string of the molecule is CCN(C(=O)c1csc(C2CCN(C(=O)O)CC2)n1)C(C)C(=O)c1ccccc1. The van der Waals surface area contributed by atoms with Crippen LogP contribution in [0.5, 0.6) is 0 Å². The van der Waals surface area contributed by atoms with E-state index in [1.807, 2.05) is 13.0 Å². The Bertz CT molecular complexity index is 875. The summed E-state index contributed by atoms with van der Waals surface area (Å²) in [5.74, 6) is -0.192. The highest BCUT2D eigenvalue weighted by Gasteiger charge is 2.30. The second-order valence-corrected chi connectivity index (χ2v) is 8.00. The molecule has 1 unspecified atom stereocenters. The number of carbonyl (C=O) groups excluding carboxylic acids is 2. The van der Waals surface area contributed by atoms with Gasteiger partial charge in [0.1, 0.15) is 5.69 Å². The molecule has 1 aliphatic heterocycles. The van der Waals surface area contributed by atoms with Gasteiger partial charge in [0.15, 0.2) is 5.78 Å². The van der Waals surface area contributed by atoms with Gasteiger partial charge in [-0.3, -0.25) is 9.59 Å². The lowest BCUT2D eigenvalue weighted by molar-refractivity contribution is 0.0633. The average molecular weight is 416 g/mol. The summed E-state index contributed by atoms with van der Waals surface area (Å²) in [6.07, 6.45) is 0.510. The van der Waals surface area contributed by atoms with E-state index in [-0.39, 0.29) is 17.6 Å². The number of aromatic nitrogens is 1. The number of Topliss-reactive ketones (excluding diaryl/α,β-unsaturated/α-hetero) is 1. The zero-order chi connectivity index (χ0) is 21.0. The van der Waals surface area contributed by atoms with Gasteiger partial charge in [0.25, 0.3) is 5.91 Å². The fourth-order valence-electron chi connectivity index (χ4n) is 3.62. The minimum absolute atomic E-state index is 0.0997. The summed E-state index contributed by atoms with van der Waals surface area (Å²) >= 11 is 1.43. The van der Waals surface area contributed by atoms with Gasteiger partial charge in [0.05, 0.1) is 11.0 Å². The second kappa shape index (κ2) is 9.17. The average Bonchev–Trinajstić information content (AvgIpc) is 3.24. The van der Waals surface area contributed by atoms with E-state index >= 15 is 0 Å². The summed E-state index contributed by atoms with van der Waals surface area (Å²) in [5, 5.41) is 11.7. The van der Waals surface area contributed by atoms with Crippen LogP contribution in [-0.4, -0.2) is 63.4 Å². The van der Waals surface area contributed by atoms with Crippen molar-refractivity contribution in [3.63, 3.8) is 0 Å². The van der Waals surface area contributed by atoms with Crippen molar-refractivity contribution < 1.29 is 19.5 Å². The van der Waals surface area contributed by atoms with E-state index in [0.29, 0.717) is 43.7 Å². The molecule has 0 spiro atoms. The maximum Gasteiger partial charge on any atom is 0.407 e. The van der Waals surface area contributed by atoms with Gasteiger partial charge in [-0.05, 0) is 26.7 Å². The quantitative estimate of drug-likeness (QED) is 0.726. The van der Waals surface area contributed by atoms with Crippen molar-refractivity contribution >= 4 is 29.1 Å². The topological polar surface area (TPSA) is 90.8 Å². The number of amides is 2. The zero-order valence-electron chi connectivity index (χ0n) is 16.6. The first-order valence-corrected chi connectivity index (χ1v) is 10.6. The molecule has 1 atom stereocenters. The van der Waals surface area contributed by atoms with E-state index in [0.717, 1.165) is 5.01 Å². The molecule has 0 saturated carbocycles. The summed E-state index contributed by atoms with van der Waals surface area (Å²) in [4.78, 5) is 44.3. The number of likely N-dealkylation sites (tertiary alicyclic amines) is 1. The molecule has 0 radical (unpaired) electrons. The fraction of sp³-hybridized carbons (Fsp3) is 0.429. The number of ketones is 1. The Morgan fingerprint density at radius 1 is 1.24 bits per heavy atom. The van der Waals surface area contributed by atoms with Gasteiger partial charge in [0.2, 0.25) is 0 Å². The molecule has 1 aromatic carbocycles. The van der Waals surface area contributed by atoms with Gasteiger partial charge in [0, 0.05) is 36.5 Å². The Kier molecular flexibility index (Phi) is 6.64. The number of likely N-dealkylation sites (N-methyl/N-ethyl adjacent to an activating group) is 1. The number of carbonyl (C=O) groups is 3. The van der Waals surface area contributed by atoms with E-state index in [2.05, 4.69) is 4.98 Å². The molecule has 7 nitrogen and oxygen atoms in total. The summed E-state index contributed by atoms with van der Waals surface area (Å²) in [6, 6.07) is 8.38. The Morgan fingerprint density at radius 2 is 1.90 bits per heavy atom. The van der Waals surface area contributed by atoms with Crippen molar-refractivity contribution in [1.29, 1.82) is 0 Å². The maximum atomic E-state index is 13.0. The van der Waals surface area contributed by atoms with Gasteiger partial charge in [-0.15, -0.1) is 11.3 Å². The van der Waals surface area contributed by atoms with Gasteiger partial charge >= 0.3 is 6.09 Å². The lowest BCUT2D eigenvalue weighted by Crippen LogP contribution is -2.43. The molecule has 0 bridgehead atoms. The van der Waals surface area contributed by atoms with Crippen LogP contribution in [-0.2, 0) is 0 Å². The van der Waals surface area contributed by atoms with E-state index < -0.39 is 12.1 Å². The maximum absolute atomic E-state index is 13.0. The van der Waals surface area contributed by atoms with Gasteiger partial charge in [-0.25, -0.2) is 9.78 Å². The summed E-state index contributed by atoms with van der Waals surface area (Å²) in [6.45, 7) is 4.95. The fourth-order valence-corrected chi connectivity index (χ4v) is 4.58. The number of piperidine rings is 1. The minimum Gasteiger partial charge on any atom is -0.465 e. The molecular formula is C21H25N3O4S. The lowest BCUT2D eigenvalue weighted by atomic mass is 9.98. The third kappa shape index (κ3) is 4.64. The predicted molar refractivity (Wildman–Crippen MR) is 111 cm³/mol. The zero-order valence-corrected chi connectivity index (χ0v) is 17.4. The van der Waals surface area contributed by atoms with E-state index in [4.69, 9.17) is 5.11 Å². The minimum atomic E-state index is -0.894. The number of carboxylic acid groups (broad SMARTS) is 1. The predicted octanol–water partition coefficient (Wildman–Crippen LogP) is 3.73. The largest absolute Gasteiger partial charge is 0.465 e. The molecule has 8 heteroatoms. The van der Waals surface area contributed by atoms with E-state index in [9.17, 15) is 14.4 Å². The first-order chi connectivity index (χ1) is 13.9. The van der Waals surface area contributed by atoms with Crippen molar-refractivity contribution in [2.24, 2.45) is 0 Å². The van der Waals surface area contributed by atoms with Crippen LogP contribution >= 0.6 is 11.3 Å². The Balaban J connectivity index is 1.69. The molecule has 3 rings (SSSR count). The molecule has 2 heterocycles. The molecule has 154 valence electrons. The third-order valence-corrected chi connectivity index (χ3v) is 6.37. The Labute approximate surface area is 174 Å². The van der Waals surface area contributed by atoms with Crippen LogP contribution in [0.3, 0.4) is 0 Å². The Hall–Kier alpha value is -2.74. The molecule has 1 aromatic heterocycles. The number of rotatable bonds is 6. The number of benzene rings is 1. The van der Waals surface area contributed by atoms with Crippen LogP contribution in [0.25, 0.3) is 0 Å². The summed E-state index contributed by atoms with van der Waals surface area (Å²) in [5.41, 5.74) is 0.927. The van der Waals surface area contributed by atoms with Gasteiger partial charge in [-0.1, -0.05) is 30.3 Å². The van der Waals surface area contributed by atoms with Gasteiger partial charge < -0.3 is 14.9 Å². The van der Waals surface area contributed by atoms with Crippen molar-refractivity contribution in [2.45, 2.75) is 38.6 Å². The van der Waals surface area contributed by atoms with Crippen LogP contribution in [0.15, 0.2) is 35.7 Å². The van der Waals surface area contributed by atoms with E-state index in [1.165, 1.54) is 16.2 Å². The highest BCUT2D eigenvalue weighted by molar-refractivity contribution is 7.09. The molecule has 1 aliphatic rings. The number of hydrogen-bond acceptors (Lipinski definition) is 5. The van der Waals surface area contributed by atoms with Crippen LogP contribution in [0, 0.1) is 0 Å². The highest BCUT2D eigenvalue weighted by atomic mass is 32.1. The first kappa shape index (κ1) is 21.0. The molecular weight excluding hydrogens is 390 g/mol. The van der Waals surface area contributed by atoms with Crippen molar-refractivity contribution in [2.75, 3.05) is 19.6 Å². The number of thiazole rings is 1.